The zero-order valence-electron chi connectivity index (χ0n) is 15.0. The molecule has 0 radical (unpaired) electrons. The van der Waals surface area contributed by atoms with E-state index in [2.05, 4.69) is 5.43 Å². The number of hydrazine groups is 1. The molecule has 3 aliphatic heterocycles. The van der Waals surface area contributed by atoms with E-state index in [4.69, 9.17) is 9.47 Å². The van der Waals surface area contributed by atoms with Crippen LogP contribution in [0.4, 0.5) is 0 Å². The van der Waals surface area contributed by atoms with Gasteiger partial charge in [-0.05, 0) is 56.9 Å². The maximum absolute atomic E-state index is 12.6. The molecular weight excluding hydrogens is 336 g/mol. The Morgan fingerprint density at radius 1 is 1.12 bits per heavy atom. The molecule has 2 bridgehead atoms. The molecule has 26 heavy (non-hydrogen) atoms. The van der Waals surface area contributed by atoms with E-state index in [0.29, 0.717) is 5.75 Å². The quantitative estimate of drug-likeness (QED) is 0.819. The Morgan fingerprint density at radius 2 is 1.65 bits per heavy atom. The lowest BCUT2D eigenvalue weighted by molar-refractivity contribution is -0.153. The molecule has 7 nitrogen and oxygen atoms in total. The lowest BCUT2D eigenvalue weighted by Gasteiger charge is -2.21. The van der Waals surface area contributed by atoms with Crippen molar-refractivity contribution in [2.75, 3.05) is 0 Å². The van der Waals surface area contributed by atoms with Crippen molar-refractivity contribution >= 4 is 17.7 Å². The van der Waals surface area contributed by atoms with E-state index < -0.39 is 23.8 Å². The summed E-state index contributed by atoms with van der Waals surface area (Å²) in [5.74, 6) is -1.63. The molecule has 1 N–H and O–H groups in total. The molecule has 0 spiro atoms. The molecule has 1 aromatic rings. The van der Waals surface area contributed by atoms with Gasteiger partial charge in [0.15, 0.2) is 6.10 Å². The first-order chi connectivity index (χ1) is 12.3. The smallest absolute Gasteiger partial charge is 0.279 e. The van der Waals surface area contributed by atoms with Gasteiger partial charge in [-0.1, -0.05) is 6.07 Å². The van der Waals surface area contributed by atoms with Crippen molar-refractivity contribution in [2.24, 2.45) is 11.8 Å². The van der Waals surface area contributed by atoms with E-state index in [0.717, 1.165) is 29.0 Å². The summed E-state index contributed by atoms with van der Waals surface area (Å²) in [6.45, 7) is 5.48. The fraction of sp³-hybridized carbons (Fsp3) is 0.526. The molecule has 3 heterocycles. The summed E-state index contributed by atoms with van der Waals surface area (Å²) in [6, 6.07) is 5.68. The molecular formula is C19H22N2O5. The van der Waals surface area contributed by atoms with Crippen molar-refractivity contribution in [3.8, 4) is 5.75 Å². The number of nitrogens with one attached hydrogen (secondary N) is 1. The zero-order valence-corrected chi connectivity index (χ0v) is 15.0. The number of carbonyl (C=O) groups excluding carboxylic acids is 3. The van der Waals surface area contributed by atoms with Gasteiger partial charge in [0, 0.05) is 0 Å². The maximum atomic E-state index is 12.6. The SMILES string of the molecule is Cc1cc(C)cc(O[C@@H](C)C(=O)NN2C(=O)[C@@H]3[C@H](C2=O)[C@H]2CC[C@H]3O2)c1. The molecule has 0 aliphatic carbocycles. The normalized spacial score (nSPS) is 30.5. The lowest BCUT2D eigenvalue weighted by Crippen LogP contribution is -2.51. The predicted octanol–water partition coefficient (Wildman–Crippen LogP) is 1.26. The van der Waals surface area contributed by atoms with Crippen LogP contribution in [-0.2, 0) is 19.1 Å². The number of hydrogen-bond donors (Lipinski definition) is 1. The van der Waals surface area contributed by atoms with Crippen LogP contribution in [0.15, 0.2) is 18.2 Å². The number of fused-ring (bicyclic) bond motifs is 5. The van der Waals surface area contributed by atoms with Crippen molar-refractivity contribution in [2.45, 2.75) is 51.9 Å². The highest BCUT2D eigenvalue weighted by Crippen LogP contribution is 2.48. The largest absolute Gasteiger partial charge is 0.481 e. The third-order valence-electron chi connectivity index (χ3n) is 5.38. The molecule has 0 aromatic heterocycles. The number of carbonyl (C=O) groups is 3. The van der Waals surface area contributed by atoms with E-state index in [1.54, 1.807) is 6.92 Å². The monoisotopic (exact) mass is 358 g/mol. The first-order valence-corrected chi connectivity index (χ1v) is 8.94. The summed E-state index contributed by atoms with van der Waals surface area (Å²) >= 11 is 0. The molecule has 3 amide bonds. The van der Waals surface area contributed by atoms with Gasteiger partial charge in [0.25, 0.3) is 17.7 Å². The average Bonchev–Trinajstić information content (AvgIpc) is 3.23. The molecule has 3 fully saturated rings. The molecule has 0 saturated carbocycles. The Labute approximate surface area is 151 Å². The molecule has 4 rings (SSSR count). The van der Waals surface area contributed by atoms with Gasteiger partial charge in [0.2, 0.25) is 0 Å². The first kappa shape index (κ1) is 17.0. The fourth-order valence-corrected chi connectivity index (χ4v) is 4.28. The minimum atomic E-state index is -0.842. The van der Waals surface area contributed by atoms with Crippen molar-refractivity contribution < 1.29 is 23.9 Å². The maximum Gasteiger partial charge on any atom is 0.279 e. The highest BCUT2D eigenvalue weighted by molar-refractivity contribution is 6.07. The van der Waals surface area contributed by atoms with Crippen LogP contribution in [-0.4, -0.2) is 41.0 Å². The van der Waals surface area contributed by atoms with Gasteiger partial charge in [0.1, 0.15) is 5.75 Å². The van der Waals surface area contributed by atoms with Gasteiger partial charge in [-0.15, -0.1) is 0 Å². The van der Waals surface area contributed by atoms with Crippen molar-refractivity contribution in [1.29, 1.82) is 0 Å². The van der Waals surface area contributed by atoms with Crippen molar-refractivity contribution in [3.63, 3.8) is 0 Å². The van der Waals surface area contributed by atoms with E-state index in [9.17, 15) is 14.4 Å². The second-order valence-corrected chi connectivity index (χ2v) is 7.41. The van der Waals surface area contributed by atoms with Crippen LogP contribution >= 0.6 is 0 Å². The van der Waals surface area contributed by atoms with Gasteiger partial charge >= 0.3 is 0 Å². The number of benzene rings is 1. The Morgan fingerprint density at radius 3 is 2.19 bits per heavy atom. The Bertz CT molecular complexity index is 744. The van der Waals surface area contributed by atoms with Crippen LogP contribution < -0.4 is 10.2 Å². The van der Waals surface area contributed by atoms with Gasteiger partial charge in [-0.25, -0.2) is 0 Å². The standard InChI is InChI=1S/C19H22N2O5/c1-9-6-10(2)8-12(7-9)25-11(3)17(22)20-21-18(23)15-13-4-5-14(26-13)16(15)19(21)24/h6-8,11,13-16H,4-5H2,1-3H3,(H,20,22)/t11-,13+,14+,15-,16+/m0/s1. The van der Waals surface area contributed by atoms with E-state index >= 15 is 0 Å². The zero-order chi connectivity index (χ0) is 18.6. The van der Waals surface area contributed by atoms with Crippen LogP contribution in [0.5, 0.6) is 5.75 Å². The van der Waals surface area contributed by atoms with Gasteiger partial charge in [0.05, 0.1) is 24.0 Å². The van der Waals surface area contributed by atoms with Crippen molar-refractivity contribution in [3.05, 3.63) is 29.3 Å². The summed E-state index contributed by atoms with van der Waals surface area (Å²) in [6.07, 6.45) is 0.336. The molecule has 1 aromatic carbocycles. The number of nitrogens with zero attached hydrogens (tertiary/aromatic N) is 1. The number of aryl methyl sites for hydroxylation is 2. The van der Waals surface area contributed by atoms with E-state index in [1.165, 1.54) is 0 Å². The highest BCUT2D eigenvalue weighted by Gasteiger charge is 2.63. The first-order valence-electron chi connectivity index (χ1n) is 8.94. The minimum Gasteiger partial charge on any atom is -0.481 e. The molecule has 3 aliphatic rings. The minimum absolute atomic E-state index is 0.202. The number of ether oxygens (including phenoxy) is 2. The summed E-state index contributed by atoms with van der Waals surface area (Å²) in [5.41, 5.74) is 4.50. The molecule has 7 heteroatoms. The van der Waals surface area contributed by atoms with Crippen molar-refractivity contribution in [1.82, 2.24) is 10.4 Å². The molecule has 138 valence electrons. The highest BCUT2D eigenvalue weighted by atomic mass is 16.5. The van der Waals surface area contributed by atoms with Crippen LogP contribution in [0.25, 0.3) is 0 Å². The van der Waals surface area contributed by atoms with Crippen LogP contribution in [0.3, 0.4) is 0 Å². The third-order valence-corrected chi connectivity index (χ3v) is 5.38. The average molecular weight is 358 g/mol. The second kappa shape index (κ2) is 6.09. The Kier molecular flexibility index (Phi) is 3.99. The van der Waals surface area contributed by atoms with Gasteiger partial charge in [-0.2, -0.15) is 5.01 Å². The predicted molar refractivity (Wildman–Crippen MR) is 90.9 cm³/mol. The van der Waals surface area contributed by atoms with E-state index in [-0.39, 0.29) is 24.0 Å². The topological polar surface area (TPSA) is 84.9 Å². The summed E-state index contributed by atoms with van der Waals surface area (Å²) in [4.78, 5) is 37.6. The molecule has 3 saturated heterocycles. The molecule has 0 unspecified atom stereocenters. The van der Waals surface area contributed by atoms with Crippen LogP contribution in [0.2, 0.25) is 0 Å². The Balaban J connectivity index is 1.43. The number of imide groups is 1. The third kappa shape index (κ3) is 2.67. The number of hydrogen-bond acceptors (Lipinski definition) is 5. The van der Waals surface area contributed by atoms with Crippen LogP contribution in [0, 0.1) is 25.7 Å². The summed E-state index contributed by atoms with van der Waals surface area (Å²) in [7, 11) is 0. The summed E-state index contributed by atoms with van der Waals surface area (Å²) in [5, 5.41) is 0.868. The van der Waals surface area contributed by atoms with E-state index in [1.807, 2.05) is 32.0 Å². The fourth-order valence-electron chi connectivity index (χ4n) is 4.28. The molecule has 5 atom stereocenters. The lowest BCUT2D eigenvalue weighted by atomic mass is 9.81. The number of amides is 3. The Hall–Kier alpha value is -2.41. The van der Waals surface area contributed by atoms with Crippen LogP contribution in [0.1, 0.15) is 30.9 Å². The summed E-state index contributed by atoms with van der Waals surface area (Å²) < 4.78 is 11.4. The second-order valence-electron chi connectivity index (χ2n) is 7.41. The number of rotatable bonds is 4. The van der Waals surface area contributed by atoms with Gasteiger partial charge in [-0.3, -0.25) is 19.8 Å². The van der Waals surface area contributed by atoms with Gasteiger partial charge < -0.3 is 9.47 Å².